The first kappa shape index (κ1) is 14.0. The van der Waals surface area contributed by atoms with Crippen molar-refractivity contribution in [2.24, 2.45) is 5.84 Å². The van der Waals surface area contributed by atoms with Crippen molar-refractivity contribution in [3.8, 4) is 0 Å². The van der Waals surface area contributed by atoms with Crippen molar-refractivity contribution in [2.75, 3.05) is 10.7 Å². The minimum atomic E-state index is -0.776. The number of carbonyl (C=O) groups excluding carboxylic acids is 1. The number of anilines is 2. The number of pyridine rings is 1. The fraction of sp³-hybridized carbons (Fsp3) is 0.143. The zero-order chi connectivity index (χ0) is 14.5. The molecule has 5 nitrogen and oxygen atoms in total. The number of nitrogens with zero attached hydrogens (tertiary/aromatic N) is 1. The Balaban J connectivity index is 2.29. The molecule has 0 unspecified atom stereocenters. The number of carbonyl (C=O) groups is 1. The second-order valence-electron chi connectivity index (χ2n) is 4.13. The lowest BCUT2D eigenvalue weighted by molar-refractivity contribution is 0.102. The Labute approximate surface area is 116 Å². The number of hydrazine groups is 1. The molecule has 1 amide bonds. The van der Waals surface area contributed by atoms with Crippen LogP contribution in [0.2, 0.25) is 0 Å². The molecule has 4 N–H and O–H groups in total. The molecule has 20 heavy (non-hydrogen) atoms. The van der Waals surface area contributed by atoms with Gasteiger partial charge < -0.3 is 10.7 Å². The molecule has 104 valence electrons. The van der Waals surface area contributed by atoms with E-state index < -0.39 is 11.7 Å². The smallest absolute Gasteiger partial charge is 0.258 e. The van der Waals surface area contributed by atoms with E-state index in [-0.39, 0.29) is 11.4 Å². The molecule has 2 rings (SSSR count). The van der Waals surface area contributed by atoms with E-state index in [0.717, 1.165) is 12.0 Å². The van der Waals surface area contributed by atoms with Crippen molar-refractivity contribution in [1.29, 1.82) is 0 Å². The van der Waals surface area contributed by atoms with Crippen LogP contribution in [0.5, 0.6) is 0 Å². The van der Waals surface area contributed by atoms with Crippen LogP contribution in [0.25, 0.3) is 0 Å². The summed E-state index contributed by atoms with van der Waals surface area (Å²) in [6.07, 6.45) is 2.09. The van der Waals surface area contributed by atoms with Crippen LogP contribution in [0.4, 0.5) is 15.9 Å². The number of benzene rings is 1. The zero-order valence-corrected chi connectivity index (χ0v) is 11.0. The number of hydrogen-bond donors (Lipinski definition) is 3. The van der Waals surface area contributed by atoms with Gasteiger partial charge in [0, 0.05) is 11.9 Å². The Morgan fingerprint density at radius 2 is 2.10 bits per heavy atom. The lowest BCUT2D eigenvalue weighted by Crippen LogP contribution is -2.18. The zero-order valence-electron chi connectivity index (χ0n) is 11.0. The quantitative estimate of drug-likeness (QED) is 0.590. The molecular formula is C14H15FN4O. The van der Waals surface area contributed by atoms with Crippen LogP contribution in [0.15, 0.2) is 36.5 Å². The monoisotopic (exact) mass is 274 g/mol. The van der Waals surface area contributed by atoms with Crippen molar-refractivity contribution >= 4 is 17.4 Å². The van der Waals surface area contributed by atoms with Gasteiger partial charge in [-0.3, -0.25) is 4.79 Å². The summed E-state index contributed by atoms with van der Waals surface area (Å²) in [7, 11) is 0. The van der Waals surface area contributed by atoms with Gasteiger partial charge in [0.25, 0.3) is 5.91 Å². The molecule has 0 aliphatic carbocycles. The van der Waals surface area contributed by atoms with Crippen molar-refractivity contribution < 1.29 is 9.18 Å². The van der Waals surface area contributed by atoms with Crippen molar-refractivity contribution in [2.45, 2.75) is 13.3 Å². The summed E-state index contributed by atoms with van der Waals surface area (Å²) < 4.78 is 13.9. The Bertz CT molecular complexity index is 630. The number of amides is 1. The third-order valence-electron chi connectivity index (χ3n) is 2.92. The average molecular weight is 274 g/mol. The minimum absolute atomic E-state index is 0.112. The largest absolute Gasteiger partial charge is 0.322 e. The maximum atomic E-state index is 13.9. The molecular weight excluding hydrogens is 259 g/mol. The number of para-hydroxylation sites is 1. The fourth-order valence-corrected chi connectivity index (χ4v) is 1.86. The second-order valence-corrected chi connectivity index (χ2v) is 4.13. The van der Waals surface area contributed by atoms with E-state index in [1.165, 1.54) is 12.3 Å². The Kier molecular flexibility index (Phi) is 4.27. The number of aromatic nitrogens is 1. The molecule has 1 aromatic carbocycles. The number of halogens is 1. The molecule has 0 fully saturated rings. The summed E-state index contributed by atoms with van der Waals surface area (Å²) in [4.78, 5) is 15.8. The first-order valence-electron chi connectivity index (χ1n) is 6.17. The highest BCUT2D eigenvalue weighted by Gasteiger charge is 2.16. The van der Waals surface area contributed by atoms with E-state index >= 15 is 0 Å². The molecule has 0 spiro atoms. The van der Waals surface area contributed by atoms with E-state index in [4.69, 9.17) is 5.84 Å². The Morgan fingerprint density at radius 3 is 2.80 bits per heavy atom. The highest BCUT2D eigenvalue weighted by Crippen LogP contribution is 2.19. The van der Waals surface area contributed by atoms with Gasteiger partial charge in [0.15, 0.2) is 11.6 Å². The molecule has 0 radical (unpaired) electrons. The van der Waals surface area contributed by atoms with E-state index in [9.17, 15) is 9.18 Å². The van der Waals surface area contributed by atoms with Gasteiger partial charge in [-0.05, 0) is 24.1 Å². The van der Waals surface area contributed by atoms with E-state index in [0.29, 0.717) is 5.69 Å². The SMILES string of the molecule is CCc1ccccc1NC(=O)c1ccnc(NN)c1F. The Morgan fingerprint density at radius 1 is 1.35 bits per heavy atom. The third kappa shape index (κ3) is 2.75. The molecule has 1 heterocycles. The molecule has 0 aliphatic rings. The number of nitrogen functional groups attached to an aromatic ring is 1. The van der Waals surface area contributed by atoms with Gasteiger partial charge in [-0.25, -0.2) is 15.2 Å². The van der Waals surface area contributed by atoms with Crippen molar-refractivity contribution in [3.63, 3.8) is 0 Å². The molecule has 6 heteroatoms. The van der Waals surface area contributed by atoms with Gasteiger partial charge >= 0.3 is 0 Å². The van der Waals surface area contributed by atoms with Gasteiger partial charge in [0.1, 0.15) is 0 Å². The summed E-state index contributed by atoms with van der Waals surface area (Å²) in [5, 5.41) is 2.69. The second kappa shape index (κ2) is 6.12. The first-order chi connectivity index (χ1) is 9.67. The third-order valence-corrected chi connectivity index (χ3v) is 2.92. The van der Waals surface area contributed by atoms with E-state index in [1.54, 1.807) is 6.07 Å². The van der Waals surface area contributed by atoms with Gasteiger partial charge in [-0.15, -0.1) is 0 Å². The fourth-order valence-electron chi connectivity index (χ4n) is 1.86. The number of aryl methyl sites for hydroxylation is 1. The summed E-state index contributed by atoms with van der Waals surface area (Å²) >= 11 is 0. The van der Waals surface area contributed by atoms with E-state index in [2.05, 4.69) is 15.7 Å². The Hall–Kier alpha value is -2.47. The summed E-state index contributed by atoms with van der Waals surface area (Å²) in [5.41, 5.74) is 3.64. The number of nitrogens with one attached hydrogen (secondary N) is 2. The van der Waals surface area contributed by atoms with Gasteiger partial charge in [-0.2, -0.15) is 0 Å². The standard InChI is InChI=1S/C14H15FN4O/c1-2-9-5-3-4-6-11(9)18-14(20)10-7-8-17-13(19-16)12(10)15/h3-8H,2,16H2,1H3,(H,17,19)(H,18,20). The summed E-state index contributed by atoms with van der Waals surface area (Å²) in [6, 6.07) is 8.69. The highest BCUT2D eigenvalue weighted by atomic mass is 19.1. The minimum Gasteiger partial charge on any atom is -0.322 e. The maximum Gasteiger partial charge on any atom is 0.258 e. The van der Waals surface area contributed by atoms with Crippen molar-refractivity contribution in [3.05, 3.63) is 53.5 Å². The highest BCUT2D eigenvalue weighted by molar-refractivity contribution is 6.05. The molecule has 0 atom stereocenters. The van der Waals surface area contributed by atoms with Crippen LogP contribution in [-0.4, -0.2) is 10.9 Å². The number of hydrogen-bond acceptors (Lipinski definition) is 4. The lowest BCUT2D eigenvalue weighted by atomic mass is 10.1. The molecule has 0 saturated carbocycles. The summed E-state index contributed by atoms with van der Waals surface area (Å²) in [6.45, 7) is 1.98. The molecule has 2 aromatic rings. The normalized spacial score (nSPS) is 10.2. The summed E-state index contributed by atoms with van der Waals surface area (Å²) in [5.74, 6) is 3.65. The number of rotatable bonds is 4. The van der Waals surface area contributed by atoms with Crippen LogP contribution < -0.4 is 16.6 Å². The molecule has 0 aliphatic heterocycles. The molecule has 0 bridgehead atoms. The maximum absolute atomic E-state index is 13.9. The van der Waals surface area contributed by atoms with Gasteiger partial charge in [-0.1, -0.05) is 25.1 Å². The van der Waals surface area contributed by atoms with Crippen LogP contribution in [-0.2, 0) is 6.42 Å². The number of nitrogens with two attached hydrogens (primary N) is 1. The molecule has 0 saturated heterocycles. The van der Waals surface area contributed by atoms with Crippen LogP contribution in [0.3, 0.4) is 0 Å². The average Bonchev–Trinajstić information content (AvgIpc) is 2.48. The topological polar surface area (TPSA) is 80.0 Å². The van der Waals surface area contributed by atoms with Crippen LogP contribution >= 0.6 is 0 Å². The van der Waals surface area contributed by atoms with E-state index in [1.807, 2.05) is 25.1 Å². The van der Waals surface area contributed by atoms with Crippen LogP contribution in [0.1, 0.15) is 22.8 Å². The predicted molar refractivity (Wildman–Crippen MR) is 75.8 cm³/mol. The van der Waals surface area contributed by atoms with Gasteiger partial charge in [0.2, 0.25) is 0 Å². The van der Waals surface area contributed by atoms with Crippen LogP contribution in [0, 0.1) is 5.82 Å². The van der Waals surface area contributed by atoms with Gasteiger partial charge in [0.05, 0.1) is 5.56 Å². The predicted octanol–water partition coefficient (Wildman–Crippen LogP) is 2.32. The molecule has 1 aromatic heterocycles. The first-order valence-corrected chi connectivity index (χ1v) is 6.17. The van der Waals surface area contributed by atoms with Crippen molar-refractivity contribution in [1.82, 2.24) is 4.98 Å². The lowest BCUT2D eigenvalue weighted by Gasteiger charge is -2.11.